The molecule has 7 nitrogen and oxygen atoms in total. The average Bonchev–Trinajstić information content (AvgIpc) is 3.57. The number of hydrogen-bond acceptors (Lipinski definition) is 6. The van der Waals surface area contributed by atoms with Gasteiger partial charge in [0.25, 0.3) is 5.91 Å². The minimum Gasteiger partial charge on any atom is -0.377 e. The van der Waals surface area contributed by atoms with Gasteiger partial charge in [0.15, 0.2) is 0 Å². The van der Waals surface area contributed by atoms with Crippen molar-refractivity contribution in [2.24, 2.45) is 0 Å². The lowest BCUT2D eigenvalue weighted by molar-refractivity contribution is 0.0735. The van der Waals surface area contributed by atoms with Gasteiger partial charge in [0.2, 0.25) is 10.0 Å². The van der Waals surface area contributed by atoms with E-state index in [9.17, 15) is 13.2 Å². The summed E-state index contributed by atoms with van der Waals surface area (Å²) in [7, 11) is -3.72. The Bertz CT molecular complexity index is 1200. The van der Waals surface area contributed by atoms with Crippen molar-refractivity contribution in [1.29, 1.82) is 0 Å². The number of amides is 1. The number of ether oxygens (including phenoxy) is 1. The number of thiazole rings is 1. The molecular weight excluding hydrogens is 446 g/mol. The zero-order valence-electron chi connectivity index (χ0n) is 17.6. The van der Waals surface area contributed by atoms with Crippen molar-refractivity contribution < 1.29 is 17.9 Å². The fraction of sp³-hybridized carbons (Fsp3) is 0.391. The Labute approximate surface area is 191 Å². The van der Waals surface area contributed by atoms with Crippen LogP contribution in [0.3, 0.4) is 0 Å². The molecule has 2 saturated heterocycles. The molecule has 5 rings (SSSR count). The van der Waals surface area contributed by atoms with E-state index in [1.165, 1.54) is 12.1 Å². The summed E-state index contributed by atoms with van der Waals surface area (Å²) in [4.78, 5) is 20.0. The number of likely N-dealkylation sites (tertiary alicyclic amines) is 1. The van der Waals surface area contributed by atoms with E-state index in [4.69, 9.17) is 9.72 Å². The number of hydrogen-bond donors (Lipinski definition) is 1. The average molecular weight is 472 g/mol. The van der Waals surface area contributed by atoms with Crippen molar-refractivity contribution in [3.05, 3.63) is 59.1 Å². The van der Waals surface area contributed by atoms with Crippen LogP contribution in [0.5, 0.6) is 0 Å². The predicted octanol–water partition coefficient (Wildman–Crippen LogP) is 3.73. The Morgan fingerprint density at radius 2 is 2.03 bits per heavy atom. The number of para-hydroxylation sites is 1. The minimum atomic E-state index is -3.72. The lowest BCUT2D eigenvalue weighted by atomic mass is 10.1. The van der Waals surface area contributed by atoms with E-state index in [0.717, 1.165) is 40.9 Å². The van der Waals surface area contributed by atoms with Crippen LogP contribution < -0.4 is 4.72 Å². The Morgan fingerprint density at radius 3 is 2.84 bits per heavy atom. The summed E-state index contributed by atoms with van der Waals surface area (Å²) in [5.74, 6) is -0.164. The highest BCUT2D eigenvalue weighted by Gasteiger charge is 2.33. The third kappa shape index (κ3) is 4.30. The van der Waals surface area contributed by atoms with Crippen LogP contribution in [0.25, 0.3) is 10.2 Å². The van der Waals surface area contributed by atoms with Gasteiger partial charge in [0.1, 0.15) is 5.01 Å². The molecule has 2 fully saturated rings. The van der Waals surface area contributed by atoms with Crippen molar-refractivity contribution in [2.45, 2.75) is 42.7 Å². The molecule has 3 aromatic rings. The molecule has 9 heteroatoms. The summed E-state index contributed by atoms with van der Waals surface area (Å²) >= 11 is 1.61. The number of aromatic nitrogens is 1. The molecule has 0 unspecified atom stereocenters. The highest BCUT2D eigenvalue weighted by atomic mass is 32.2. The monoisotopic (exact) mass is 471 g/mol. The molecule has 1 amide bonds. The van der Waals surface area contributed by atoms with Crippen molar-refractivity contribution in [3.63, 3.8) is 0 Å². The normalized spacial score (nSPS) is 21.4. The molecule has 32 heavy (non-hydrogen) atoms. The summed E-state index contributed by atoms with van der Waals surface area (Å²) < 4.78 is 34.8. The standard InChI is InChI=1S/C23H25N3O4S2/c27-23(26-12-4-10-20(26)22-25-19-9-1-2-11-21(19)31-22)16-6-3-8-18(14-16)32(28,29)24-15-17-7-5-13-30-17/h1-3,6,8-9,11,14,17,20,24H,4-5,7,10,12-13,15H2/t17-,20+/m1/s1. The third-order valence-electron chi connectivity index (χ3n) is 6.03. The van der Waals surface area contributed by atoms with E-state index in [1.807, 2.05) is 29.2 Å². The molecule has 1 N–H and O–H groups in total. The van der Waals surface area contributed by atoms with Crippen LogP contribution in [0.15, 0.2) is 53.4 Å². The molecule has 0 bridgehead atoms. The molecular formula is C23H25N3O4S2. The SMILES string of the molecule is O=C(c1cccc(S(=O)(=O)NC[C@H]2CCCO2)c1)N1CCC[C@H]1c1nc2ccccc2s1. The quantitative estimate of drug-likeness (QED) is 0.592. The predicted molar refractivity (Wildman–Crippen MR) is 123 cm³/mol. The molecule has 0 radical (unpaired) electrons. The van der Waals surface area contributed by atoms with Crippen molar-refractivity contribution in [3.8, 4) is 0 Å². The minimum absolute atomic E-state index is 0.0854. The van der Waals surface area contributed by atoms with E-state index in [2.05, 4.69) is 4.72 Å². The first-order valence-electron chi connectivity index (χ1n) is 10.9. The first-order valence-corrected chi connectivity index (χ1v) is 13.2. The first-order chi connectivity index (χ1) is 15.5. The van der Waals surface area contributed by atoms with Gasteiger partial charge < -0.3 is 9.64 Å². The molecule has 3 heterocycles. The number of carbonyl (C=O) groups is 1. The molecule has 168 valence electrons. The highest BCUT2D eigenvalue weighted by Crippen LogP contribution is 2.37. The zero-order chi connectivity index (χ0) is 22.1. The fourth-order valence-electron chi connectivity index (χ4n) is 4.35. The number of nitrogens with one attached hydrogen (secondary N) is 1. The zero-order valence-corrected chi connectivity index (χ0v) is 19.2. The Balaban J connectivity index is 1.35. The molecule has 2 aliphatic heterocycles. The molecule has 0 aliphatic carbocycles. The maximum atomic E-state index is 13.4. The van der Waals surface area contributed by atoms with E-state index in [0.29, 0.717) is 18.7 Å². The second-order valence-electron chi connectivity index (χ2n) is 8.19. The van der Waals surface area contributed by atoms with Gasteiger partial charge in [-0.05, 0) is 56.0 Å². The topological polar surface area (TPSA) is 88.6 Å². The Morgan fingerprint density at radius 1 is 1.16 bits per heavy atom. The van der Waals surface area contributed by atoms with Crippen molar-refractivity contribution in [2.75, 3.05) is 19.7 Å². The number of rotatable bonds is 6. The van der Waals surface area contributed by atoms with Crippen LogP contribution in [0.2, 0.25) is 0 Å². The number of sulfonamides is 1. The second kappa shape index (κ2) is 8.90. The lowest BCUT2D eigenvalue weighted by Crippen LogP contribution is -2.32. The van der Waals surface area contributed by atoms with Crippen LogP contribution in [0.1, 0.15) is 47.1 Å². The number of carbonyl (C=O) groups excluding carboxylic acids is 1. The fourth-order valence-corrected chi connectivity index (χ4v) is 6.58. The number of nitrogens with zero attached hydrogens (tertiary/aromatic N) is 2. The smallest absolute Gasteiger partial charge is 0.254 e. The molecule has 2 aromatic carbocycles. The molecule has 2 atom stereocenters. The van der Waals surface area contributed by atoms with Crippen LogP contribution in [0.4, 0.5) is 0 Å². The van der Waals surface area contributed by atoms with Crippen LogP contribution in [-0.4, -0.2) is 50.0 Å². The van der Waals surface area contributed by atoms with Gasteiger partial charge in [-0.15, -0.1) is 11.3 Å². The number of fused-ring (bicyclic) bond motifs is 1. The molecule has 0 spiro atoms. The van der Waals surface area contributed by atoms with Gasteiger partial charge in [-0.25, -0.2) is 18.1 Å². The van der Waals surface area contributed by atoms with Gasteiger partial charge in [-0.1, -0.05) is 18.2 Å². The first kappa shape index (κ1) is 21.5. The maximum Gasteiger partial charge on any atom is 0.254 e. The summed E-state index contributed by atoms with van der Waals surface area (Å²) in [6, 6.07) is 14.2. The van der Waals surface area contributed by atoms with Gasteiger partial charge in [-0.3, -0.25) is 4.79 Å². The summed E-state index contributed by atoms with van der Waals surface area (Å²) in [6.07, 6.45) is 3.46. The second-order valence-corrected chi connectivity index (χ2v) is 11.0. The van der Waals surface area contributed by atoms with Crippen LogP contribution in [0, 0.1) is 0 Å². The van der Waals surface area contributed by atoms with Gasteiger partial charge >= 0.3 is 0 Å². The lowest BCUT2D eigenvalue weighted by Gasteiger charge is -2.23. The maximum absolute atomic E-state index is 13.4. The molecule has 2 aliphatic rings. The van der Waals surface area contributed by atoms with Crippen molar-refractivity contribution in [1.82, 2.24) is 14.6 Å². The van der Waals surface area contributed by atoms with E-state index in [-0.39, 0.29) is 29.5 Å². The summed E-state index contributed by atoms with van der Waals surface area (Å²) in [6.45, 7) is 1.54. The highest BCUT2D eigenvalue weighted by molar-refractivity contribution is 7.89. The van der Waals surface area contributed by atoms with Crippen molar-refractivity contribution >= 4 is 37.5 Å². The van der Waals surface area contributed by atoms with Gasteiger partial charge in [0, 0.05) is 25.3 Å². The van der Waals surface area contributed by atoms with E-state index in [1.54, 1.807) is 23.5 Å². The van der Waals surface area contributed by atoms with Gasteiger partial charge in [-0.2, -0.15) is 0 Å². The van der Waals surface area contributed by atoms with Crippen LogP contribution in [-0.2, 0) is 14.8 Å². The summed E-state index contributed by atoms with van der Waals surface area (Å²) in [5.41, 5.74) is 1.32. The molecule has 0 saturated carbocycles. The third-order valence-corrected chi connectivity index (χ3v) is 8.58. The Kier molecular flexibility index (Phi) is 5.98. The van der Waals surface area contributed by atoms with Gasteiger partial charge in [0.05, 0.1) is 27.3 Å². The van der Waals surface area contributed by atoms with E-state index < -0.39 is 10.0 Å². The Hall–Kier alpha value is -2.33. The largest absolute Gasteiger partial charge is 0.377 e. The number of benzene rings is 2. The van der Waals surface area contributed by atoms with E-state index >= 15 is 0 Å². The van der Waals surface area contributed by atoms with Crippen LogP contribution >= 0.6 is 11.3 Å². The summed E-state index contributed by atoms with van der Waals surface area (Å²) in [5, 5.41) is 0.930. The molecule has 1 aromatic heterocycles.